The molecule has 6 nitrogen and oxygen atoms in total. The largest absolute Gasteiger partial charge is 0.497 e. The summed E-state index contributed by atoms with van der Waals surface area (Å²) in [7, 11) is 1.51. The minimum absolute atomic E-state index is 0.328. The van der Waals surface area contributed by atoms with Crippen molar-refractivity contribution in [3.63, 3.8) is 0 Å². The summed E-state index contributed by atoms with van der Waals surface area (Å²) in [5, 5.41) is 2.99. The fraction of sp³-hybridized carbons (Fsp3) is 0.286. The fourth-order valence-corrected chi connectivity index (χ4v) is 1.52. The van der Waals surface area contributed by atoms with Crippen LogP contribution in [-0.2, 0) is 9.53 Å². The summed E-state index contributed by atoms with van der Waals surface area (Å²) in [6.07, 6.45) is 2.93. The van der Waals surface area contributed by atoms with E-state index in [1.165, 1.54) is 13.2 Å². The molecule has 3 N–H and O–H groups in total. The minimum atomic E-state index is -0.555. The topological polar surface area (TPSA) is 90.7 Å². The van der Waals surface area contributed by atoms with Gasteiger partial charge in [-0.1, -0.05) is 6.08 Å². The van der Waals surface area contributed by atoms with Gasteiger partial charge in [-0.15, -0.1) is 0 Å². The number of carbonyl (C=O) groups is 2. The van der Waals surface area contributed by atoms with E-state index in [1.807, 2.05) is 0 Å². The monoisotopic (exact) mass is 278 g/mol. The third-order valence-corrected chi connectivity index (χ3v) is 2.44. The number of nitrogens with one attached hydrogen (secondary N) is 1. The van der Waals surface area contributed by atoms with Crippen LogP contribution in [0.15, 0.2) is 30.4 Å². The molecule has 6 heteroatoms. The van der Waals surface area contributed by atoms with Crippen LogP contribution in [-0.4, -0.2) is 32.1 Å². The first-order valence-corrected chi connectivity index (χ1v) is 6.13. The fourth-order valence-electron chi connectivity index (χ4n) is 1.52. The van der Waals surface area contributed by atoms with Crippen LogP contribution in [0.3, 0.4) is 0 Å². The molecular weight excluding hydrogens is 260 g/mol. The number of benzene rings is 1. The van der Waals surface area contributed by atoms with Gasteiger partial charge in [0.05, 0.1) is 19.3 Å². The molecule has 0 saturated heterocycles. The Morgan fingerprint density at radius 3 is 2.75 bits per heavy atom. The van der Waals surface area contributed by atoms with E-state index in [0.717, 1.165) is 0 Å². The average Bonchev–Trinajstić information content (AvgIpc) is 2.43. The summed E-state index contributed by atoms with van der Waals surface area (Å²) in [6.45, 7) is 2.44. The predicted molar refractivity (Wildman–Crippen MR) is 75.8 cm³/mol. The number of hydrogen-bond acceptors (Lipinski definition) is 5. The molecule has 0 saturated carbocycles. The van der Waals surface area contributed by atoms with Crippen LogP contribution in [0, 0.1) is 0 Å². The molecule has 0 bridgehead atoms. The Balaban J connectivity index is 2.68. The molecule has 0 aliphatic heterocycles. The number of anilines is 1. The first kappa shape index (κ1) is 15.6. The molecule has 0 unspecified atom stereocenters. The summed E-state index contributed by atoms with van der Waals surface area (Å²) in [5.74, 6) is -0.411. The van der Waals surface area contributed by atoms with Gasteiger partial charge in [0.25, 0.3) is 5.91 Å². The second-order valence-electron chi connectivity index (χ2n) is 3.81. The van der Waals surface area contributed by atoms with Crippen LogP contribution in [0.25, 0.3) is 0 Å². The lowest BCUT2D eigenvalue weighted by Gasteiger charge is -2.10. The van der Waals surface area contributed by atoms with Gasteiger partial charge < -0.3 is 20.5 Å². The number of nitrogens with two attached hydrogens (primary N) is 1. The maximum absolute atomic E-state index is 11.4. The number of ether oxygens (including phenoxy) is 2. The van der Waals surface area contributed by atoms with E-state index in [4.69, 9.17) is 15.2 Å². The van der Waals surface area contributed by atoms with Crippen molar-refractivity contribution in [1.29, 1.82) is 0 Å². The molecule has 0 fully saturated rings. The van der Waals surface area contributed by atoms with Gasteiger partial charge in [-0.25, -0.2) is 4.79 Å². The van der Waals surface area contributed by atoms with Crippen LogP contribution >= 0.6 is 0 Å². The van der Waals surface area contributed by atoms with Gasteiger partial charge in [0, 0.05) is 18.3 Å². The van der Waals surface area contributed by atoms with Crippen molar-refractivity contribution >= 4 is 17.6 Å². The SMILES string of the molecule is CCOC(=O)C=CCNc1ccc(OC)cc1C(N)=O. The highest BCUT2D eigenvalue weighted by Gasteiger charge is 2.08. The van der Waals surface area contributed by atoms with Crippen molar-refractivity contribution in [2.75, 3.05) is 25.6 Å². The highest BCUT2D eigenvalue weighted by molar-refractivity contribution is 5.99. The average molecular weight is 278 g/mol. The number of methoxy groups -OCH3 is 1. The molecule has 1 amide bonds. The smallest absolute Gasteiger partial charge is 0.330 e. The maximum Gasteiger partial charge on any atom is 0.330 e. The predicted octanol–water partition coefficient (Wildman–Crippen LogP) is 1.33. The lowest BCUT2D eigenvalue weighted by Crippen LogP contribution is -2.14. The van der Waals surface area contributed by atoms with Gasteiger partial charge in [0.15, 0.2) is 0 Å². The molecule has 20 heavy (non-hydrogen) atoms. The standard InChI is InChI=1S/C14H18N2O4/c1-3-20-13(17)5-4-8-16-12-7-6-10(19-2)9-11(12)14(15)18/h4-7,9,16H,3,8H2,1-2H3,(H2,15,18). The Morgan fingerprint density at radius 2 is 2.15 bits per heavy atom. The first-order valence-electron chi connectivity index (χ1n) is 6.13. The Hall–Kier alpha value is -2.50. The zero-order valence-electron chi connectivity index (χ0n) is 11.5. The lowest BCUT2D eigenvalue weighted by molar-refractivity contribution is -0.137. The normalized spacial score (nSPS) is 10.3. The highest BCUT2D eigenvalue weighted by Crippen LogP contribution is 2.21. The minimum Gasteiger partial charge on any atom is -0.497 e. The van der Waals surface area contributed by atoms with E-state index in [2.05, 4.69) is 5.32 Å². The maximum atomic E-state index is 11.4. The molecule has 1 aromatic carbocycles. The summed E-state index contributed by atoms with van der Waals surface area (Å²) >= 11 is 0. The second kappa shape index (κ2) is 7.83. The van der Waals surface area contributed by atoms with Gasteiger partial charge in [-0.05, 0) is 25.1 Å². The second-order valence-corrected chi connectivity index (χ2v) is 3.81. The van der Waals surface area contributed by atoms with Crippen molar-refractivity contribution in [2.45, 2.75) is 6.92 Å². The Kier molecular flexibility index (Phi) is 6.09. The number of esters is 1. The van der Waals surface area contributed by atoms with E-state index >= 15 is 0 Å². The third-order valence-electron chi connectivity index (χ3n) is 2.44. The van der Waals surface area contributed by atoms with Crippen molar-refractivity contribution < 1.29 is 19.1 Å². The number of carbonyl (C=O) groups excluding carboxylic acids is 2. The zero-order chi connectivity index (χ0) is 15.0. The first-order chi connectivity index (χ1) is 9.58. The van der Waals surface area contributed by atoms with Crippen LogP contribution in [0.5, 0.6) is 5.75 Å². The molecule has 0 heterocycles. The van der Waals surface area contributed by atoms with Crippen molar-refractivity contribution in [3.8, 4) is 5.75 Å². The Labute approximate surface area is 117 Å². The quantitative estimate of drug-likeness (QED) is 0.580. The molecule has 0 aliphatic carbocycles. The Morgan fingerprint density at radius 1 is 1.40 bits per heavy atom. The van der Waals surface area contributed by atoms with Gasteiger partial charge in [0.1, 0.15) is 5.75 Å². The number of hydrogen-bond donors (Lipinski definition) is 2. The molecule has 0 aromatic heterocycles. The van der Waals surface area contributed by atoms with Gasteiger partial charge in [-0.2, -0.15) is 0 Å². The lowest BCUT2D eigenvalue weighted by atomic mass is 10.1. The summed E-state index contributed by atoms with van der Waals surface area (Å²) < 4.78 is 9.78. The number of rotatable bonds is 7. The number of amides is 1. The van der Waals surface area contributed by atoms with E-state index in [9.17, 15) is 9.59 Å². The molecule has 0 atom stereocenters. The Bertz CT molecular complexity index is 512. The van der Waals surface area contributed by atoms with Gasteiger partial charge in [-0.3, -0.25) is 4.79 Å². The van der Waals surface area contributed by atoms with Crippen molar-refractivity contribution in [3.05, 3.63) is 35.9 Å². The van der Waals surface area contributed by atoms with Crippen molar-refractivity contribution in [1.82, 2.24) is 0 Å². The molecule has 1 aromatic rings. The molecule has 1 rings (SSSR count). The molecular formula is C14H18N2O4. The van der Waals surface area contributed by atoms with Gasteiger partial charge >= 0.3 is 5.97 Å². The summed E-state index contributed by atoms with van der Waals surface area (Å²) in [6, 6.07) is 4.96. The molecule has 108 valence electrons. The molecule has 0 spiro atoms. The van der Waals surface area contributed by atoms with E-state index < -0.39 is 11.9 Å². The third kappa shape index (κ3) is 4.64. The summed E-state index contributed by atoms with van der Waals surface area (Å²) in [5.41, 5.74) is 6.21. The zero-order valence-corrected chi connectivity index (χ0v) is 11.5. The van der Waals surface area contributed by atoms with E-state index in [1.54, 1.807) is 31.2 Å². The van der Waals surface area contributed by atoms with Crippen LogP contribution in [0.1, 0.15) is 17.3 Å². The van der Waals surface area contributed by atoms with Crippen LogP contribution in [0.2, 0.25) is 0 Å². The number of primary amides is 1. The highest BCUT2D eigenvalue weighted by atomic mass is 16.5. The summed E-state index contributed by atoms with van der Waals surface area (Å²) in [4.78, 5) is 22.4. The van der Waals surface area contributed by atoms with Crippen molar-refractivity contribution in [2.24, 2.45) is 5.73 Å². The van der Waals surface area contributed by atoms with E-state index in [-0.39, 0.29) is 0 Å². The van der Waals surface area contributed by atoms with Crippen LogP contribution in [0.4, 0.5) is 5.69 Å². The van der Waals surface area contributed by atoms with Gasteiger partial charge in [0.2, 0.25) is 0 Å². The molecule has 0 radical (unpaired) electrons. The molecule has 0 aliphatic rings. The van der Waals surface area contributed by atoms with E-state index in [0.29, 0.717) is 30.2 Å². The van der Waals surface area contributed by atoms with Crippen LogP contribution < -0.4 is 15.8 Å².